The van der Waals surface area contributed by atoms with Crippen LogP contribution in [0.3, 0.4) is 0 Å². The average molecular weight is 287 g/mol. The van der Waals surface area contributed by atoms with Crippen LogP contribution in [0.25, 0.3) is 5.69 Å². The third-order valence-electron chi connectivity index (χ3n) is 4.22. The quantitative estimate of drug-likeness (QED) is 0.884. The van der Waals surface area contributed by atoms with Gasteiger partial charge in [0.1, 0.15) is 0 Å². The van der Waals surface area contributed by atoms with Crippen LogP contribution in [-0.4, -0.2) is 50.0 Å². The van der Waals surface area contributed by atoms with Crippen molar-refractivity contribution >= 4 is 0 Å². The van der Waals surface area contributed by atoms with Gasteiger partial charge in [0.05, 0.1) is 19.0 Å². The van der Waals surface area contributed by atoms with E-state index >= 15 is 0 Å². The second-order valence-electron chi connectivity index (χ2n) is 5.74. The van der Waals surface area contributed by atoms with E-state index in [0.29, 0.717) is 13.0 Å². The summed E-state index contributed by atoms with van der Waals surface area (Å²) in [6.45, 7) is 3.59. The molecule has 0 aliphatic carbocycles. The maximum Gasteiger partial charge on any atom is 0.0991 e. The fourth-order valence-electron chi connectivity index (χ4n) is 2.99. The van der Waals surface area contributed by atoms with Crippen molar-refractivity contribution in [3.8, 4) is 5.69 Å². The number of aromatic nitrogens is 2. The van der Waals surface area contributed by atoms with Gasteiger partial charge in [0.25, 0.3) is 0 Å². The molecule has 0 spiro atoms. The first kappa shape index (κ1) is 14.3. The summed E-state index contributed by atoms with van der Waals surface area (Å²) in [4.78, 5) is 6.22. The zero-order chi connectivity index (χ0) is 14.8. The number of aliphatic hydroxyl groups is 2. The fourth-order valence-corrected chi connectivity index (χ4v) is 2.99. The minimum atomic E-state index is -0.326. The van der Waals surface area contributed by atoms with Gasteiger partial charge >= 0.3 is 0 Å². The predicted octanol–water partition coefficient (Wildman–Crippen LogP) is 1.11. The third-order valence-corrected chi connectivity index (χ3v) is 4.22. The van der Waals surface area contributed by atoms with Crippen LogP contribution in [0.1, 0.15) is 17.5 Å². The van der Waals surface area contributed by atoms with Crippen molar-refractivity contribution in [3.05, 3.63) is 48.0 Å². The Bertz CT molecular complexity index is 598. The number of aliphatic hydroxyl groups excluding tert-OH is 2. The molecule has 2 N–H and O–H groups in total. The van der Waals surface area contributed by atoms with Gasteiger partial charge in [0.2, 0.25) is 0 Å². The van der Waals surface area contributed by atoms with E-state index in [4.69, 9.17) is 0 Å². The van der Waals surface area contributed by atoms with Crippen LogP contribution in [-0.2, 0) is 6.54 Å². The highest BCUT2D eigenvalue weighted by molar-refractivity contribution is 5.40. The topological polar surface area (TPSA) is 61.5 Å². The Balaban J connectivity index is 1.77. The van der Waals surface area contributed by atoms with Crippen LogP contribution >= 0.6 is 0 Å². The molecule has 2 atom stereocenters. The molecule has 1 saturated heterocycles. The van der Waals surface area contributed by atoms with Crippen molar-refractivity contribution in [2.45, 2.75) is 32.0 Å². The smallest absolute Gasteiger partial charge is 0.0991 e. The molecule has 0 radical (unpaired) electrons. The number of nitrogens with zero attached hydrogens (tertiary/aromatic N) is 3. The van der Waals surface area contributed by atoms with Crippen LogP contribution in [0.5, 0.6) is 0 Å². The molecular formula is C16H21N3O2. The maximum absolute atomic E-state index is 9.75. The number of β-amino-alcohol motifs (C(OH)–C–C–N with tert-alkyl or cyclic N) is 1. The molecule has 3 rings (SSSR count). The minimum absolute atomic E-state index is 0.0627. The van der Waals surface area contributed by atoms with Crippen molar-refractivity contribution in [2.24, 2.45) is 0 Å². The number of imidazole rings is 1. The first-order valence-electron chi connectivity index (χ1n) is 7.28. The van der Waals surface area contributed by atoms with Gasteiger partial charge in [0.15, 0.2) is 0 Å². The van der Waals surface area contributed by atoms with Crippen molar-refractivity contribution in [3.63, 3.8) is 0 Å². The van der Waals surface area contributed by atoms with Gasteiger partial charge in [-0.05, 0) is 36.6 Å². The summed E-state index contributed by atoms with van der Waals surface area (Å²) in [5.41, 5.74) is 3.53. The summed E-state index contributed by atoms with van der Waals surface area (Å²) in [5, 5.41) is 19.2. The van der Waals surface area contributed by atoms with Crippen LogP contribution in [0.2, 0.25) is 0 Å². The average Bonchev–Trinajstić information content (AvgIpc) is 3.10. The van der Waals surface area contributed by atoms with Crippen molar-refractivity contribution in [1.82, 2.24) is 14.5 Å². The van der Waals surface area contributed by atoms with E-state index in [-0.39, 0.29) is 18.8 Å². The molecule has 0 amide bonds. The van der Waals surface area contributed by atoms with Gasteiger partial charge in [-0.25, -0.2) is 4.98 Å². The van der Waals surface area contributed by atoms with E-state index in [1.54, 1.807) is 12.5 Å². The Hall–Kier alpha value is -1.69. The highest BCUT2D eigenvalue weighted by Crippen LogP contribution is 2.23. The van der Waals surface area contributed by atoms with E-state index in [1.807, 2.05) is 10.8 Å². The number of benzene rings is 1. The number of hydrogen-bond donors (Lipinski definition) is 2. The van der Waals surface area contributed by atoms with E-state index in [0.717, 1.165) is 12.2 Å². The van der Waals surface area contributed by atoms with E-state index < -0.39 is 0 Å². The van der Waals surface area contributed by atoms with Gasteiger partial charge in [-0.3, -0.25) is 4.90 Å². The standard InChI is InChI=1S/C16H21N3O2/c1-12-6-14(18-5-4-17-11-18)3-2-13(12)8-19-9-16(21)7-15(19)10-20/h2-6,11,15-16,20-21H,7-10H2,1H3/t15-,16+/m0/s1. The first-order chi connectivity index (χ1) is 10.2. The van der Waals surface area contributed by atoms with Gasteiger partial charge in [0, 0.05) is 37.2 Å². The number of aryl methyl sites for hydroxylation is 1. The molecule has 1 aliphatic rings. The zero-order valence-corrected chi connectivity index (χ0v) is 12.2. The summed E-state index contributed by atoms with van der Waals surface area (Å²) in [6.07, 6.45) is 5.80. The lowest BCUT2D eigenvalue weighted by Crippen LogP contribution is -2.32. The van der Waals surface area contributed by atoms with Crippen LogP contribution in [0.15, 0.2) is 36.9 Å². The van der Waals surface area contributed by atoms with Crippen LogP contribution in [0.4, 0.5) is 0 Å². The predicted molar refractivity (Wildman–Crippen MR) is 80.2 cm³/mol. The maximum atomic E-state index is 9.75. The number of rotatable bonds is 4. The van der Waals surface area contributed by atoms with Crippen molar-refractivity contribution in [2.75, 3.05) is 13.2 Å². The minimum Gasteiger partial charge on any atom is -0.395 e. The van der Waals surface area contributed by atoms with E-state index in [1.165, 1.54) is 11.1 Å². The molecule has 1 aromatic heterocycles. The molecule has 0 unspecified atom stereocenters. The lowest BCUT2D eigenvalue weighted by molar-refractivity contribution is 0.150. The van der Waals surface area contributed by atoms with Gasteiger partial charge in [-0.15, -0.1) is 0 Å². The molecule has 1 aliphatic heterocycles. The number of hydrogen-bond acceptors (Lipinski definition) is 4. The van der Waals surface area contributed by atoms with Crippen LogP contribution in [0, 0.1) is 6.92 Å². The Morgan fingerprint density at radius 1 is 1.38 bits per heavy atom. The normalized spacial score (nSPS) is 22.8. The lowest BCUT2D eigenvalue weighted by atomic mass is 10.1. The second kappa shape index (κ2) is 5.97. The number of likely N-dealkylation sites (tertiary alicyclic amines) is 1. The summed E-state index contributed by atoms with van der Waals surface area (Å²) in [5.74, 6) is 0. The Morgan fingerprint density at radius 2 is 2.24 bits per heavy atom. The first-order valence-corrected chi connectivity index (χ1v) is 7.28. The monoisotopic (exact) mass is 287 g/mol. The molecule has 112 valence electrons. The lowest BCUT2D eigenvalue weighted by Gasteiger charge is -2.23. The molecule has 2 aromatic rings. The SMILES string of the molecule is Cc1cc(-n2ccnc2)ccc1CN1C[C@H](O)C[C@H]1CO. The highest BCUT2D eigenvalue weighted by Gasteiger charge is 2.30. The Kier molecular flexibility index (Phi) is 4.05. The Morgan fingerprint density at radius 3 is 2.90 bits per heavy atom. The molecule has 0 bridgehead atoms. The zero-order valence-electron chi connectivity index (χ0n) is 12.2. The molecule has 2 heterocycles. The van der Waals surface area contributed by atoms with E-state index in [9.17, 15) is 10.2 Å². The molecular weight excluding hydrogens is 266 g/mol. The van der Waals surface area contributed by atoms with Gasteiger partial charge < -0.3 is 14.8 Å². The molecule has 1 aromatic carbocycles. The van der Waals surface area contributed by atoms with Crippen molar-refractivity contribution < 1.29 is 10.2 Å². The largest absolute Gasteiger partial charge is 0.395 e. The molecule has 5 nitrogen and oxygen atoms in total. The molecule has 21 heavy (non-hydrogen) atoms. The summed E-state index contributed by atoms with van der Waals surface area (Å²) < 4.78 is 1.98. The fraction of sp³-hybridized carbons (Fsp3) is 0.438. The highest BCUT2D eigenvalue weighted by atomic mass is 16.3. The molecule has 5 heteroatoms. The van der Waals surface area contributed by atoms with E-state index in [2.05, 4.69) is 35.0 Å². The van der Waals surface area contributed by atoms with Gasteiger partial charge in [-0.1, -0.05) is 6.07 Å². The summed E-state index contributed by atoms with van der Waals surface area (Å²) >= 11 is 0. The molecule has 0 saturated carbocycles. The van der Waals surface area contributed by atoms with Crippen LogP contribution < -0.4 is 0 Å². The Labute approximate surface area is 124 Å². The molecule has 1 fully saturated rings. The van der Waals surface area contributed by atoms with Gasteiger partial charge in [-0.2, -0.15) is 0 Å². The summed E-state index contributed by atoms with van der Waals surface area (Å²) in [6, 6.07) is 6.39. The summed E-state index contributed by atoms with van der Waals surface area (Å²) in [7, 11) is 0. The third kappa shape index (κ3) is 3.00. The second-order valence-corrected chi connectivity index (χ2v) is 5.74. The van der Waals surface area contributed by atoms with Crippen molar-refractivity contribution in [1.29, 1.82) is 0 Å².